The first kappa shape index (κ1) is 22.5. The standard InChI is InChI=1S/C20H26FN3O5/c1-10(2)17(18(26)15(20(28)29)16(22)14(25)9-21)23-19(27)13-8-11-6-4-5-7-12(11)24(13)3/h4-8,10,14-17,25H,9,22H2,1-3H3,(H,23,27)(H,28,29)/t14?,15?,16?,17-/m0/s1. The molecular weight excluding hydrogens is 381 g/mol. The minimum absolute atomic E-state index is 0.296. The first-order chi connectivity index (χ1) is 13.6. The highest BCUT2D eigenvalue weighted by atomic mass is 19.1. The minimum atomic E-state index is -1.86. The predicted molar refractivity (Wildman–Crippen MR) is 105 cm³/mol. The average Bonchev–Trinajstić information content (AvgIpc) is 3.01. The van der Waals surface area contributed by atoms with Crippen molar-refractivity contribution < 1.29 is 29.0 Å². The maximum Gasteiger partial charge on any atom is 0.315 e. The van der Waals surface area contributed by atoms with Gasteiger partial charge in [0.2, 0.25) is 0 Å². The molecular formula is C20H26FN3O5. The predicted octanol–water partition coefficient (Wildman–Crippen LogP) is 0.860. The summed E-state index contributed by atoms with van der Waals surface area (Å²) >= 11 is 0. The lowest BCUT2D eigenvalue weighted by Crippen LogP contribution is -2.56. The van der Waals surface area contributed by atoms with Crippen LogP contribution in [0.3, 0.4) is 0 Å². The van der Waals surface area contributed by atoms with Crippen molar-refractivity contribution in [2.75, 3.05) is 6.67 Å². The third-order valence-electron chi connectivity index (χ3n) is 5.00. The van der Waals surface area contributed by atoms with E-state index in [0.29, 0.717) is 5.69 Å². The molecule has 1 heterocycles. The second-order valence-corrected chi connectivity index (χ2v) is 7.36. The summed E-state index contributed by atoms with van der Waals surface area (Å²) in [4.78, 5) is 37.3. The number of carbonyl (C=O) groups excluding carboxylic acids is 2. The van der Waals surface area contributed by atoms with E-state index in [9.17, 15) is 29.0 Å². The van der Waals surface area contributed by atoms with Crippen molar-refractivity contribution in [2.45, 2.75) is 32.0 Å². The number of aliphatic hydroxyl groups excluding tert-OH is 1. The van der Waals surface area contributed by atoms with Crippen LogP contribution in [-0.4, -0.2) is 57.3 Å². The van der Waals surface area contributed by atoms with Gasteiger partial charge >= 0.3 is 5.97 Å². The highest BCUT2D eigenvalue weighted by Gasteiger charge is 2.41. The number of carbonyl (C=O) groups is 3. The number of hydrogen-bond donors (Lipinski definition) is 4. The number of carboxylic acid groups (broad SMARTS) is 1. The van der Waals surface area contributed by atoms with E-state index in [0.717, 1.165) is 10.9 Å². The number of Topliss-reactive ketones (excluding diaryl/α,β-unsaturated/α-hetero) is 1. The Morgan fingerprint density at radius 3 is 2.38 bits per heavy atom. The number of nitrogens with two attached hydrogens (primary N) is 1. The van der Waals surface area contributed by atoms with Crippen LogP contribution in [0.1, 0.15) is 24.3 Å². The van der Waals surface area contributed by atoms with Gasteiger partial charge in [-0.05, 0) is 18.1 Å². The Kier molecular flexibility index (Phi) is 7.10. The Balaban J connectivity index is 2.32. The second kappa shape index (κ2) is 9.15. The summed E-state index contributed by atoms with van der Waals surface area (Å²) in [6, 6.07) is 6.20. The molecule has 3 unspecified atom stereocenters. The number of para-hydroxylation sites is 1. The Hall–Kier alpha value is -2.78. The van der Waals surface area contributed by atoms with E-state index in [4.69, 9.17) is 5.73 Å². The van der Waals surface area contributed by atoms with Crippen molar-refractivity contribution in [1.29, 1.82) is 0 Å². The normalized spacial score (nSPS) is 15.7. The molecule has 0 radical (unpaired) electrons. The topological polar surface area (TPSA) is 135 Å². The number of benzene rings is 1. The molecule has 8 nitrogen and oxygen atoms in total. The van der Waals surface area contributed by atoms with Crippen molar-refractivity contribution in [3.63, 3.8) is 0 Å². The molecule has 0 aliphatic heterocycles. The Morgan fingerprint density at radius 2 is 1.86 bits per heavy atom. The zero-order valence-corrected chi connectivity index (χ0v) is 16.5. The largest absolute Gasteiger partial charge is 0.481 e. The van der Waals surface area contributed by atoms with E-state index in [1.165, 1.54) is 0 Å². The molecule has 2 rings (SSSR count). The fourth-order valence-electron chi connectivity index (χ4n) is 3.28. The quantitative estimate of drug-likeness (QED) is 0.456. The highest BCUT2D eigenvalue weighted by molar-refractivity contribution is 6.05. The van der Waals surface area contributed by atoms with Gasteiger partial charge in [0, 0.05) is 18.0 Å². The van der Waals surface area contributed by atoms with Gasteiger partial charge in [0.05, 0.1) is 18.2 Å². The molecule has 9 heteroatoms. The molecule has 0 saturated heterocycles. The van der Waals surface area contributed by atoms with E-state index < -0.39 is 54.4 Å². The summed E-state index contributed by atoms with van der Waals surface area (Å²) in [5.41, 5.74) is 6.74. The smallest absolute Gasteiger partial charge is 0.315 e. The number of rotatable bonds is 9. The van der Waals surface area contributed by atoms with Gasteiger partial charge in [-0.1, -0.05) is 32.0 Å². The van der Waals surface area contributed by atoms with Crippen LogP contribution in [-0.2, 0) is 16.6 Å². The summed E-state index contributed by atoms with van der Waals surface area (Å²) in [6.45, 7) is 1.99. The third-order valence-corrected chi connectivity index (χ3v) is 5.00. The lowest BCUT2D eigenvalue weighted by molar-refractivity contribution is -0.149. The fraction of sp³-hybridized carbons (Fsp3) is 0.450. The summed E-state index contributed by atoms with van der Waals surface area (Å²) in [5.74, 6) is -5.35. The summed E-state index contributed by atoms with van der Waals surface area (Å²) in [7, 11) is 1.71. The van der Waals surface area contributed by atoms with Crippen LogP contribution in [0.2, 0.25) is 0 Å². The van der Waals surface area contributed by atoms with Gasteiger partial charge in [-0.3, -0.25) is 14.4 Å². The number of amides is 1. The zero-order chi connectivity index (χ0) is 21.9. The Bertz CT molecular complexity index is 911. The molecule has 2 aromatic rings. The van der Waals surface area contributed by atoms with E-state index >= 15 is 0 Å². The average molecular weight is 407 g/mol. The number of carboxylic acids is 1. The number of halogens is 1. The van der Waals surface area contributed by atoms with Crippen LogP contribution >= 0.6 is 0 Å². The van der Waals surface area contributed by atoms with E-state index in [-0.39, 0.29) is 0 Å². The molecule has 0 spiro atoms. The number of alkyl halides is 1. The molecule has 0 aliphatic carbocycles. The van der Waals surface area contributed by atoms with Gasteiger partial charge in [-0.15, -0.1) is 0 Å². The molecule has 158 valence electrons. The lowest BCUT2D eigenvalue weighted by atomic mass is 9.84. The molecule has 1 aromatic heterocycles. The second-order valence-electron chi connectivity index (χ2n) is 7.36. The number of aryl methyl sites for hydroxylation is 1. The summed E-state index contributed by atoms with van der Waals surface area (Å²) < 4.78 is 14.4. The van der Waals surface area contributed by atoms with Crippen molar-refractivity contribution in [3.8, 4) is 0 Å². The molecule has 4 atom stereocenters. The third kappa shape index (κ3) is 4.63. The van der Waals surface area contributed by atoms with Gasteiger partial charge in [0.15, 0.2) is 5.78 Å². The first-order valence-electron chi connectivity index (χ1n) is 9.21. The summed E-state index contributed by atoms with van der Waals surface area (Å²) in [6.07, 6.45) is -1.80. The number of aromatic nitrogens is 1. The van der Waals surface area contributed by atoms with Crippen molar-refractivity contribution in [1.82, 2.24) is 9.88 Å². The SMILES string of the molecule is CC(C)[C@H](NC(=O)c1cc2ccccc2n1C)C(=O)C(C(=O)O)C(N)C(O)CF. The van der Waals surface area contributed by atoms with Gasteiger partial charge in [0.1, 0.15) is 18.3 Å². The molecule has 0 bridgehead atoms. The van der Waals surface area contributed by atoms with Crippen LogP contribution in [0, 0.1) is 11.8 Å². The van der Waals surface area contributed by atoms with Crippen molar-refractivity contribution in [2.24, 2.45) is 24.6 Å². The van der Waals surface area contributed by atoms with Crippen LogP contribution in [0.4, 0.5) is 4.39 Å². The number of aliphatic hydroxyl groups is 1. The number of aliphatic carboxylic acids is 1. The number of fused-ring (bicyclic) bond motifs is 1. The van der Waals surface area contributed by atoms with Crippen molar-refractivity contribution in [3.05, 3.63) is 36.0 Å². The van der Waals surface area contributed by atoms with Gasteiger partial charge < -0.3 is 25.8 Å². The zero-order valence-electron chi connectivity index (χ0n) is 16.5. The number of nitrogens with one attached hydrogen (secondary N) is 1. The van der Waals surface area contributed by atoms with Gasteiger partial charge in [0.25, 0.3) is 5.91 Å². The van der Waals surface area contributed by atoms with Crippen LogP contribution in [0.25, 0.3) is 10.9 Å². The van der Waals surface area contributed by atoms with Crippen LogP contribution in [0.5, 0.6) is 0 Å². The summed E-state index contributed by atoms with van der Waals surface area (Å²) in [5, 5.41) is 22.4. The number of hydrogen-bond acceptors (Lipinski definition) is 5. The fourth-order valence-corrected chi connectivity index (χ4v) is 3.28. The molecule has 5 N–H and O–H groups in total. The van der Waals surface area contributed by atoms with Crippen LogP contribution < -0.4 is 11.1 Å². The molecule has 0 fully saturated rings. The van der Waals surface area contributed by atoms with Crippen molar-refractivity contribution >= 4 is 28.6 Å². The molecule has 1 aromatic carbocycles. The minimum Gasteiger partial charge on any atom is -0.481 e. The molecule has 1 amide bonds. The Morgan fingerprint density at radius 1 is 1.24 bits per heavy atom. The molecule has 0 aliphatic rings. The van der Waals surface area contributed by atoms with E-state index in [1.807, 2.05) is 24.3 Å². The lowest BCUT2D eigenvalue weighted by Gasteiger charge is -2.28. The molecule has 29 heavy (non-hydrogen) atoms. The number of ketones is 1. The van der Waals surface area contributed by atoms with Gasteiger partial charge in [-0.25, -0.2) is 4.39 Å². The first-order valence-corrected chi connectivity index (χ1v) is 9.21. The highest BCUT2D eigenvalue weighted by Crippen LogP contribution is 2.20. The maximum atomic E-state index is 12.9. The van der Waals surface area contributed by atoms with E-state index in [2.05, 4.69) is 5.32 Å². The van der Waals surface area contributed by atoms with Crippen LogP contribution in [0.15, 0.2) is 30.3 Å². The maximum absolute atomic E-state index is 12.9. The number of nitrogens with zero attached hydrogens (tertiary/aromatic N) is 1. The molecule has 0 saturated carbocycles. The Labute approximate surface area is 167 Å². The van der Waals surface area contributed by atoms with E-state index in [1.54, 1.807) is 31.5 Å². The monoisotopic (exact) mass is 407 g/mol. The van der Waals surface area contributed by atoms with Gasteiger partial charge in [-0.2, -0.15) is 0 Å².